The Bertz CT molecular complexity index is 1030. The average molecular weight is 475 g/mol. The summed E-state index contributed by atoms with van der Waals surface area (Å²) in [4.78, 5) is 12.9. The normalized spacial score (nSPS) is 13.3. The van der Waals surface area contributed by atoms with Crippen molar-refractivity contribution in [2.45, 2.75) is 25.9 Å². The molecule has 0 aliphatic rings. The summed E-state index contributed by atoms with van der Waals surface area (Å²) in [5, 5.41) is 3.29. The maximum atomic E-state index is 12.9. The van der Waals surface area contributed by atoms with Crippen LogP contribution in [0.25, 0.3) is 0 Å². The van der Waals surface area contributed by atoms with Gasteiger partial charge in [-0.15, -0.1) is 0 Å². The second-order valence-corrected chi connectivity index (χ2v) is 9.38. The molecule has 1 amide bonds. The topological polar surface area (TPSA) is 84.9 Å². The van der Waals surface area contributed by atoms with E-state index in [2.05, 4.69) is 5.32 Å². The van der Waals surface area contributed by atoms with Gasteiger partial charge in [0.05, 0.1) is 37.2 Å². The zero-order valence-corrected chi connectivity index (χ0v) is 19.6. The Balaban J connectivity index is 2.30. The standard InChI is InChI=1S/C20H24Cl2N2O5S/c1-12(14-6-9-18(28-3)19(10-14)29-4)23-20(25)13(2)24(30(5,26)27)17-11-15(21)7-8-16(17)22/h6-13H,1-5H3,(H,23,25). The Morgan fingerprint density at radius 2 is 1.67 bits per heavy atom. The van der Waals surface area contributed by atoms with E-state index in [1.807, 2.05) is 0 Å². The highest BCUT2D eigenvalue weighted by molar-refractivity contribution is 7.92. The number of nitrogens with zero attached hydrogens (tertiary/aromatic N) is 1. The minimum atomic E-state index is -3.83. The van der Waals surface area contributed by atoms with Gasteiger partial charge in [-0.2, -0.15) is 0 Å². The number of rotatable bonds is 8. The van der Waals surface area contributed by atoms with Crippen LogP contribution in [0, 0.1) is 0 Å². The lowest BCUT2D eigenvalue weighted by molar-refractivity contribution is -0.122. The smallest absolute Gasteiger partial charge is 0.244 e. The first-order valence-electron chi connectivity index (χ1n) is 8.96. The summed E-state index contributed by atoms with van der Waals surface area (Å²) in [7, 11) is -0.776. The van der Waals surface area contributed by atoms with Crippen LogP contribution < -0.4 is 19.1 Å². The molecule has 2 atom stereocenters. The molecule has 1 N–H and O–H groups in total. The fourth-order valence-electron chi connectivity index (χ4n) is 2.98. The lowest BCUT2D eigenvalue weighted by Gasteiger charge is -2.30. The van der Waals surface area contributed by atoms with Crippen molar-refractivity contribution in [3.63, 3.8) is 0 Å². The maximum Gasteiger partial charge on any atom is 0.244 e. The Kier molecular flexibility index (Phi) is 7.85. The molecule has 0 saturated carbocycles. The van der Waals surface area contributed by atoms with Crippen molar-refractivity contribution in [2.24, 2.45) is 0 Å². The van der Waals surface area contributed by atoms with E-state index in [1.165, 1.54) is 39.3 Å². The summed E-state index contributed by atoms with van der Waals surface area (Å²) in [6, 6.07) is 8.21. The van der Waals surface area contributed by atoms with Crippen LogP contribution in [-0.4, -0.2) is 40.8 Å². The Morgan fingerprint density at radius 3 is 2.23 bits per heavy atom. The van der Waals surface area contributed by atoms with E-state index in [9.17, 15) is 13.2 Å². The van der Waals surface area contributed by atoms with Crippen LogP contribution in [0.4, 0.5) is 5.69 Å². The Morgan fingerprint density at radius 1 is 1.03 bits per heavy atom. The molecule has 0 fully saturated rings. The Labute approximate surface area is 186 Å². The highest BCUT2D eigenvalue weighted by Gasteiger charge is 2.31. The van der Waals surface area contributed by atoms with E-state index in [4.69, 9.17) is 32.7 Å². The van der Waals surface area contributed by atoms with Crippen LogP contribution in [0.2, 0.25) is 10.0 Å². The number of methoxy groups -OCH3 is 2. The predicted molar refractivity (Wildman–Crippen MR) is 119 cm³/mol. The van der Waals surface area contributed by atoms with Crippen molar-refractivity contribution in [3.05, 3.63) is 52.0 Å². The summed E-state index contributed by atoms with van der Waals surface area (Å²) in [5.41, 5.74) is 0.896. The number of nitrogens with one attached hydrogen (secondary N) is 1. The van der Waals surface area contributed by atoms with Gasteiger partial charge in [0.1, 0.15) is 6.04 Å². The van der Waals surface area contributed by atoms with Crippen molar-refractivity contribution in [2.75, 3.05) is 24.8 Å². The van der Waals surface area contributed by atoms with Crippen LogP contribution in [0.15, 0.2) is 36.4 Å². The first-order valence-corrected chi connectivity index (χ1v) is 11.6. The van der Waals surface area contributed by atoms with Crippen molar-refractivity contribution in [1.29, 1.82) is 0 Å². The summed E-state index contributed by atoms with van der Waals surface area (Å²) >= 11 is 12.2. The predicted octanol–water partition coefficient (Wildman–Crippen LogP) is 4.04. The van der Waals surface area contributed by atoms with Crippen molar-refractivity contribution in [1.82, 2.24) is 5.32 Å². The molecule has 2 aromatic carbocycles. The second-order valence-electron chi connectivity index (χ2n) is 6.68. The molecule has 2 unspecified atom stereocenters. The van der Waals surface area contributed by atoms with Gasteiger partial charge >= 0.3 is 0 Å². The SMILES string of the molecule is COc1ccc(C(C)NC(=O)C(C)N(c2cc(Cl)ccc2Cl)S(C)(=O)=O)cc1OC. The zero-order valence-electron chi connectivity index (χ0n) is 17.3. The van der Waals surface area contributed by atoms with E-state index < -0.39 is 28.0 Å². The van der Waals surface area contributed by atoms with Gasteiger partial charge < -0.3 is 14.8 Å². The van der Waals surface area contributed by atoms with Gasteiger partial charge in [-0.05, 0) is 49.7 Å². The fourth-order valence-corrected chi connectivity index (χ4v) is 4.58. The quantitative estimate of drug-likeness (QED) is 0.623. The number of benzene rings is 2. The lowest BCUT2D eigenvalue weighted by Crippen LogP contribution is -2.48. The van der Waals surface area contributed by atoms with E-state index in [1.54, 1.807) is 25.1 Å². The van der Waals surface area contributed by atoms with Gasteiger partial charge in [-0.1, -0.05) is 29.3 Å². The molecule has 10 heteroatoms. The van der Waals surface area contributed by atoms with E-state index in [-0.39, 0.29) is 10.7 Å². The third-order valence-electron chi connectivity index (χ3n) is 4.50. The number of carbonyl (C=O) groups is 1. The first kappa shape index (κ1) is 24.1. The molecule has 0 saturated heterocycles. The number of amides is 1. The molecule has 0 spiro atoms. The molecular weight excluding hydrogens is 451 g/mol. The van der Waals surface area contributed by atoms with Gasteiger partial charge in [0.25, 0.3) is 0 Å². The molecule has 0 aliphatic heterocycles. The van der Waals surface area contributed by atoms with Crippen molar-refractivity contribution < 1.29 is 22.7 Å². The number of anilines is 1. The van der Waals surface area contributed by atoms with Crippen LogP contribution >= 0.6 is 23.2 Å². The summed E-state index contributed by atoms with van der Waals surface area (Å²) in [6.07, 6.45) is 1.01. The number of halogens is 2. The van der Waals surface area contributed by atoms with Crippen molar-refractivity contribution >= 4 is 44.8 Å². The van der Waals surface area contributed by atoms with Crippen LogP contribution in [-0.2, 0) is 14.8 Å². The Hall–Kier alpha value is -2.16. The van der Waals surface area contributed by atoms with Crippen LogP contribution in [0.3, 0.4) is 0 Å². The highest BCUT2D eigenvalue weighted by atomic mass is 35.5. The van der Waals surface area contributed by atoms with Gasteiger partial charge in [-0.25, -0.2) is 8.42 Å². The van der Waals surface area contributed by atoms with Crippen LogP contribution in [0.1, 0.15) is 25.5 Å². The molecule has 0 radical (unpaired) electrons. The van der Waals surface area contributed by atoms with Crippen molar-refractivity contribution in [3.8, 4) is 11.5 Å². The molecule has 0 aromatic heterocycles. The molecule has 0 aliphatic carbocycles. The van der Waals surface area contributed by atoms with Gasteiger partial charge in [0, 0.05) is 5.02 Å². The summed E-state index contributed by atoms with van der Waals surface area (Å²) in [6.45, 7) is 3.26. The highest BCUT2D eigenvalue weighted by Crippen LogP contribution is 2.33. The molecule has 0 heterocycles. The average Bonchev–Trinajstić information content (AvgIpc) is 2.68. The van der Waals surface area contributed by atoms with Gasteiger partial charge in [0.15, 0.2) is 11.5 Å². The zero-order chi connectivity index (χ0) is 22.6. The molecular formula is C20H24Cl2N2O5S. The molecule has 2 aromatic rings. The third kappa shape index (κ3) is 5.50. The molecule has 30 heavy (non-hydrogen) atoms. The first-order chi connectivity index (χ1) is 14.0. The number of hydrogen-bond donors (Lipinski definition) is 1. The summed E-state index contributed by atoms with van der Waals surface area (Å²) in [5.74, 6) is 0.582. The largest absolute Gasteiger partial charge is 0.493 e. The third-order valence-corrected chi connectivity index (χ3v) is 6.28. The number of sulfonamides is 1. The minimum absolute atomic E-state index is 0.132. The number of hydrogen-bond acceptors (Lipinski definition) is 5. The minimum Gasteiger partial charge on any atom is -0.493 e. The lowest BCUT2D eigenvalue weighted by atomic mass is 10.1. The van der Waals surface area contributed by atoms with Crippen LogP contribution in [0.5, 0.6) is 11.5 Å². The monoisotopic (exact) mass is 474 g/mol. The van der Waals surface area contributed by atoms with E-state index in [0.717, 1.165) is 16.1 Å². The number of ether oxygens (including phenoxy) is 2. The maximum absolute atomic E-state index is 12.9. The molecule has 164 valence electrons. The van der Waals surface area contributed by atoms with Gasteiger partial charge in [0.2, 0.25) is 15.9 Å². The number of carbonyl (C=O) groups excluding carboxylic acids is 1. The molecule has 7 nitrogen and oxygen atoms in total. The molecule has 0 bridgehead atoms. The van der Waals surface area contributed by atoms with E-state index in [0.29, 0.717) is 16.5 Å². The van der Waals surface area contributed by atoms with Gasteiger partial charge in [-0.3, -0.25) is 9.10 Å². The fraction of sp³-hybridized carbons (Fsp3) is 0.350. The molecule has 2 rings (SSSR count). The van der Waals surface area contributed by atoms with E-state index >= 15 is 0 Å². The second kappa shape index (κ2) is 9.76. The summed E-state index contributed by atoms with van der Waals surface area (Å²) < 4.78 is 36.4.